The van der Waals surface area contributed by atoms with E-state index in [0.29, 0.717) is 42.5 Å². The summed E-state index contributed by atoms with van der Waals surface area (Å²) in [6.07, 6.45) is 1.63. The van der Waals surface area contributed by atoms with Crippen LogP contribution in [0.25, 0.3) is 10.9 Å². The van der Waals surface area contributed by atoms with Crippen molar-refractivity contribution >= 4 is 40.2 Å². The number of pyridine rings is 1. The Balaban J connectivity index is 1.15. The number of nitrogens with zero attached hydrogens (tertiary/aromatic N) is 3. The monoisotopic (exact) mass is 645 g/mol. The molecule has 1 aliphatic heterocycles. The van der Waals surface area contributed by atoms with Crippen molar-refractivity contribution in [1.82, 2.24) is 14.8 Å². The van der Waals surface area contributed by atoms with E-state index in [1.54, 1.807) is 23.1 Å². The second kappa shape index (κ2) is 12.8. The largest absolute Gasteiger partial charge is 0.493 e. The minimum Gasteiger partial charge on any atom is -0.493 e. The number of methoxy groups -OCH3 is 1. The Morgan fingerprint density at radius 3 is 2.23 bits per heavy atom. The molecule has 2 N–H and O–H groups in total. The second-order valence-electron chi connectivity index (χ2n) is 11.7. The number of fused-ring (bicyclic) bond motifs is 1. The molecule has 4 aromatic rings. The summed E-state index contributed by atoms with van der Waals surface area (Å²) in [5.41, 5.74) is -0.369. The Bertz CT molecular complexity index is 1850. The summed E-state index contributed by atoms with van der Waals surface area (Å²) in [6, 6.07) is 14.1. The lowest BCUT2D eigenvalue weighted by Gasteiger charge is -2.36. The molecular weight excluding hydrogens is 612 g/mol. The highest BCUT2D eigenvalue weighted by Crippen LogP contribution is 2.47. The molecule has 1 saturated heterocycles. The molecule has 3 aromatic carbocycles. The van der Waals surface area contributed by atoms with Crippen LogP contribution in [0.2, 0.25) is 0 Å². The summed E-state index contributed by atoms with van der Waals surface area (Å²) in [6.45, 7) is 3.84. The fourth-order valence-electron chi connectivity index (χ4n) is 5.33. The maximum Gasteiger partial charge on any atom is 0.415 e. The maximum atomic E-state index is 15.3. The van der Waals surface area contributed by atoms with Crippen molar-refractivity contribution in [1.29, 1.82) is 0 Å². The normalized spacial score (nSPS) is 17.1. The van der Waals surface area contributed by atoms with Crippen molar-refractivity contribution in [3.8, 4) is 23.0 Å². The van der Waals surface area contributed by atoms with E-state index in [2.05, 4.69) is 20.5 Å². The number of amides is 3. The van der Waals surface area contributed by atoms with Crippen LogP contribution in [0.5, 0.6) is 23.0 Å². The molecule has 47 heavy (non-hydrogen) atoms. The van der Waals surface area contributed by atoms with Crippen LogP contribution in [-0.2, 0) is 9.59 Å². The van der Waals surface area contributed by atoms with E-state index in [1.165, 1.54) is 49.7 Å². The minimum absolute atomic E-state index is 0.121. The predicted octanol–water partition coefficient (Wildman–Crippen LogP) is 5.81. The number of carbonyl (C=O) groups excluding carboxylic acids is 3. The number of likely N-dealkylation sites (N-methyl/N-ethyl adjacent to an activating group) is 1. The van der Waals surface area contributed by atoms with E-state index in [4.69, 9.17) is 14.2 Å². The molecule has 1 aliphatic carbocycles. The van der Waals surface area contributed by atoms with Crippen molar-refractivity contribution in [2.24, 2.45) is 5.41 Å². The number of nitrogens with one attached hydrogen (secondary N) is 2. The molecule has 0 radical (unpaired) electrons. The summed E-state index contributed by atoms with van der Waals surface area (Å²) >= 11 is 0. The van der Waals surface area contributed by atoms with Crippen LogP contribution < -0.4 is 24.8 Å². The molecule has 1 aromatic heterocycles. The fraction of sp³-hybridized carbons (Fsp3) is 0.294. The first-order valence-electron chi connectivity index (χ1n) is 15.1. The third-order valence-corrected chi connectivity index (χ3v) is 8.53. The molecule has 2 heterocycles. The molecule has 244 valence electrons. The van der Waals surface area contributed by atoms with Gasteiger partial charge >= 0.3 is 6.09 Å². The van der Waals surface area contributed by atoms with E-state index in [1.807, 2.05) is 14.0 Å². The molecule has 13 heteroatoms. The summed E-state index contributed by atoms with van der Waals surface area (Å²) in [7, 11) is 3.45. The zero-order valence-electron chi connectivity index (χ0n) is 26.0. The number of halogens is 2. The minimum atomic E-state index is -1.30. The van der Waals surface area contributed by atoms with E-state index in [-0.39, 0.29) is 34.7 Å². The highest BCUT2D eigenvalue weighted by molar-refractivity contribution is 6.16. The summed E-state index contributed by atoms with van der Waals surface area (Å²) in [5, 5.41) is 5.74. The van der Waals surface area contributed by atoms with Gasteiger partial charge in [-0.3, -0.25) is 14.6 Å². The number of ether oxygens (including phenoxy) is 3. The number of piperazine rings is 1. The Morgan fingerprint density at radius 1 is 0.872 bits per heavy atom. The van der Waals surface area contributed by atoms with Crippen LogP contribution in [0.3, 0.4) is 0 Å². The van der Waals surface area contributed by atoms with Gasteiger partial charge in [-0.05, 0) is 75.3 Å². The Labute approximate surface area is 269 Å². The molecular formula is C34H33F2N5O6. The van der Waals surface area contributed by atoms with Crippen molar-refractivity contribution in [2.45, 2.75) is 25.8 Å². The number of benzene rings is 3. The number of carbonyl (C=O) groups is 3. The highest BCUT2D eigenvalue weighted by Gasteiger charge is 2.56. The third kappa shape index (κ3) is 6.66. The highest BCUT2D eigenvalue weighted by atomic mass is 19.1. The second-order valence-corrected chi connectivity index (χ2v) is 11.7. The van der Waals surface area contributed by atoms with Gasteiger partial charge in [0.15, 0.2) is 23.1 Å². The lowest BCUT2D eigenvalue weighted by atomic mass is 10.0. The zero-order chi connectivity index (χ0) is 33.3. The molecule has 2 fully saturated rings. The smallest absolute Gasteiger partial charge is 0.415 e. The standard InChI is InChI=1S/C34H33F2N5O6/c1-20-19-41(15-14-40(20)2)33(44)47-30-18-26-24(17-29(30)45-3)27(10-13-37-26)46-28-9-8-23(16-25(28)36)39-32(43)34(11-12-34)31(42)38-22-6-4-21(35)5-7-22/h4-10,13,16-18,20H,11-12,14-15,19H2,1-3H3,(H,38,42)(H,39,43)/t20-/m1/s1. The van der Waals surface area contributed by atoms with Gasteiger partial charge in [-0.2, -0.15) is 0 Å². The fourth-order valence-corrected chi connectivity index (χ4v) is 5.33. The van der Waals surface area contributed by atoms with Gasteiger partial charge < -0.3 is 34.6 Å². The average molecular weight is 646 g/mol. The summed E-state index contributed by atoms with van der Waals surface area (Å²) in [5.74, 6) is -1.70. The van der Waals surface area contributed by atoms with E-state index in [9.17, 15) is 18.8 Å². The van der Waals surface area contributed by atoms with Gasteiger partial charge in [0.25, 0.3) is 0 Å². The molecule has 11 nitrogen and oxygen atoms in total. The number of rotatable bonds is 8. The van der Waals surface area contributed by atoms with Crippen molar-refractivity contribution < 1.29 is 37.4 Å². The lowest BCUT2D eigenvalue weighted by molar-refractivity contribution is -0.131. The molecule has 3 amide bonds. The topological polar surface area (TPSA) is 122 Å². The van der Waals surface area contributed by atoms with Gasteiger partial charge in [-0.25, -0.2) is 13.6 Å². The van der Waals surface area contributed by atoms with Crippen LogP contribution in [0, 0.1) is 17.0 Å². The van der Waals surface area contributed by atoms with Gasteiger partial charge in [-0.15, -0.1) is 0 Å². The van der Waals surface area contributed by atoms with E-state index < -0.39 is 35.0 Å². The third-order valence-electron chi connectivity index (χ3n) is 8.53. The molecule has 2 aliphatic rings. The van der Waals surface area contributed by atoms with Crippen molar-refractivity contribution in [3.05, 3.63) is 78.5 Å². The zero-order valence-corrected chi connectivity index (χ0v) is 26.0. The first kappa shape index (κ1) is 31.7. The van der Waals surface area contributed by atoms with Crippen molar-refractivity contribution in [3.63, 3.8) is 0 Å². The van der Waals surface area contributed by atoms with Crippen LogP contribution in [0.4, 0.5) is 25.0 Å². The van der Waals surface area contributed by atoms with Gasteiger partial charge in [0.2, 0.25) is 11.8 Å². The average Bonchev–Trinajstić information content (AvgIpc) is 3.87. The van der Waals surface area contributed by atoms with Gasteiger partial charge in [0, 0.05) is 60.8 Å². The van der Waals surface area contributed by atoms with Crippen LogP contribution >= 0.6 is 0 Å². The quantitative estimate of drug-likeness (QED) is 0.231. The van der Waals surface area contributed by atoms with Crippen LogP contribution in [-0.4, -0.2) is 72.5 Å². The summed E-state index contributed by atoms with van der Waals surface area (Å²) in [4.78, 5) is 47.0. The lowest BCUT2D eigenvalue weighted by Crippen LogP contribution is -2.52. The predicted molar refractivity (Wildman–Crippen MR) is 170 cm³/mol. The molecule has 0 unspecified atom stereocenters. The molecule has 1 saturated carbocycles. The summed E-state index contributed by atoms with van der Waals surface area (Å²) < 4.78 is 45.6. The number of aromatic nitrogens is 1. The van der Waals surface area contributed by atoms with Gasteiger partial charge in [-0.1, -0.05) is 0 Å². The molecule has 1 atom stereocenters. The Morgan fingerprint density at radius 2 is 1.57 bits per heavy atom. The van der Waals surface area contributed by atoms with Gasteiger partial charge in [0.1, 0.15) is 17.0 Å². The van der Waals surface area contributed by atoms with E-state index in [0.717, 1.165) is 12.6 Å². The first-order valence-corrected chi connectivity index (χ1v) is 15.1. The maximum absolute atomic E-state index is 15.3. The number of hydrogen-bond donors (Lipinski definition) is 2. The first-order chi connectivity index (χ1) is 22.6. The number of anilines is 2. The molecule has 6 rings (SSSR count). The van der Waals surface area contributed by atoms with Crippen molar-refractivity contribution in [2.75, 3.05) is 44.4 Å². The van der Waals surface area contributed by atoms with Crippen LogP contribution in [0.15, 0.2) is 66.9 Å². The van der Waals surface area contributed by atoms with Gasteiger partial charge in [0.05, 0.1) is 12.6 Å². The Hall–Kier alpha value is -5.30. The van der Waals surface area contributed by atoms with Crippen LogP contribution in [0.1, 0.15) is 19.8 Å². The number of hydrogen-bond acceptors (Lipinski definition) is 8. The SMILES string of the molecule is COc1cc2c(Oc3ccc(NC(=O)C4(C(=O)Nc5ccc(F)cc5)CC4)cc3F)ccnc2cc1OC(=O)N1CCN(C)[C@H](C)C1. The Kier molecular flexibility index (Phi) is 8.65. The van der Waals surface area contributed by atoms with E-state index >= 15 is 4.39 Å². The molecule has 0 spiro atoms. The molecule has 0 bridgehead atoms.